The topological polar surface area (TPSA) is 56.2 Å². The first-order chi connectivity index (χ1) is 31.0. The number of aryl methyl sites for hydroxylation is 1. The molecule has 11 rings (SSSR count). The van der Waals surface area contributed by atoms with Crippen LogP contribution in [0.25, 0.3) is 82.7 Å². The Hall–Kier alpha value is -5.42. The van der Waals surface area contributed by atoms with Crippen LogP contribution < -0.4 is 0 Å². The summed E-state index contributed by atoms with van der Waals surface area (Å²) in [4.78, 5) is 13.6. The third-order valence-electron chi connectivity index (χ3n) is 11.8. The molecule has 309 valence electrons. The van der Waals surface area contributed by atoms with Crippen LogP contribution in [0.15, 0.2) is 120 Å². The predicted octanol–water partition coefficient (Wildman–Crippen LogP) is 14.8. The van der Waals surface area contributed by atoms with Crippen molar-refractivity contribution < 1.29 is 32.7 Å². The minimum absolute atomic E-state index is 0. The Balaban J connectivity index is 0.000000237. The molecule has 0 aliphatic heterocycles. The quantitative estimate of drug-likeness (QED) is 0.165. The van der Waals surface area contributed by atoms with E-state index in [-0.39, 0.29) is 42.3 Å². The van der Waals surface area contributed by atoms with Crippen molar-refractivity contribution >= 4 is 60.2 Å². The Bertz CT molecular complexity index is 3460. The summed E-state index contributed by atoms with van der Waals surface area (Å²) in [6, 6.07) is 40.1. The fourth-order valence-electron chi connectivity index (χ4n) is 10.00. The second-order valence-corrected chi connectivity index (χ2v) is 19.1. The van der Waals surface area contributed by atoms with Gasteiger partial charge in [-0.2, -0.15) is 0 Å². The molecule has 1 aliphatic rings. The molecule has 0 amide bonds. The van der Waals surface area contributed by atoms with Crippen LogP contribution >= 0.6 is 0 Å². The Morgan fingerprint density at radius 3 is 2.28 bits per heavy atom. The molecular formula is C55H52IrN4O-2. The standard InChI is InChI=1S/C39H34N3O.C16H18N.Ir/c1-22-12-14-28-27-10-7-11-29(36(27)43-37(28)41-22)32-17-34-31(20-40-32)26-9-6-8-25-30-16-23(13-15-33(30)42(34)35(25)26)24-18-38(2,3)21-39(4,5)19-24;1-16(2,3)11-13-9-10-15(17-12-13)14-7-5-4-6-8-14;/h6-10,12-17,20,24H,18-19,21H2,1-5H3;4-7,9-10,12H,11H2,1-3H3;/q2*-1;/i1D3,24D;11D2;. The molecule has 61 heavy (non-hydrogen) atoms. The first-order valence-corrected chi connectivity index (χ1v) is 20.8. The third kappa shape index (κ3) is 7.64. The molecule has 1 aliphatic carbocycles. The molecular weight excluding hydrogens is 925 g/mol. The van der Waals surface area contributed by atoms with Crippen molar-refractivity contribution in [3.8, 4) is 22.5 Å². The van der Waals surface area contributed by atoms with E-state index in [1.165, 1.54) is 16.8 Å². The van der Waals surface area contributed by atoms with Crippen molar-refractivity contribution in [2.24, 2.45) is 16.2 Å². The smallest absolute Gasteiger partial charge is 0.216 e. The van der Waals surface area contributed by atoms with Gasteiger partial charge >= 0.3 is 0 Å². The summed E-state index contributed by atoms with van der Waals surface area (Å²) < 4.78 is 58.1. The number of furan rings is 1. The van der Waals surface area contributed by atoms with Crippen molar-refractivity contribution in [1.82, 2.24) is 19.4 Å². The van der Waals surface area contributed by atoms with E-state index in [4.69, 9.17) is 16.3 Å². The van der Waals surface area contributed by atoms with Crippen molar-refractivity contribution in [3.05, 3.63) is 144 Å². The molecule has 0 N–H and O–H groups in total. The van der Waals surface area contributed by atoms with Crippen LogP contribution in [0.1, 0.15) is 98.7 Å². The van der Waals surface area contributed by atoms with Gasteiger partial charge in [-0.25, -0.2) is 4.98 Å². The van der Waals surface area contributed by atoms with E-state index in [0.29, 0.717) is 22.4 Å². The molecule has 6 aromatic heterocycles. The van der Waals surface area contributed by atoms with Crippen LogP contribution in [-0.4, -0.2) is 19.4 Å². The van der Waals surface area contributed by atoms with Crippen LogP contribution in [0.4, 0.5) is 0 Å². The van der Waals surface area contributed by atoms with Crippen LogP contribution in [0.5, 0.6) is 0 Å². The van der Waals surface area contributed by atoms with Crippen molar-refractivity contribution in [2.75, 3.05) is 0 Å². The Kier molecular flexibility index (Phi) is 8.51. The second kappa shape index (κ2) is 15.2. The van der Waals surface area contributed by atoms with Gasteiger partial charge in [0, 0.05) is 78.9 Å². The fourth-order valence-corrected chi connectivity index (χ4v) is 10.00. The van der Waals surface area contributed by atoms with Crippen LogP contribution in [0, 0.1) is 35.2 Å². The van der Waals surface area contributed by atoms with Crippen molar-refractivity contribution in [3.63, 3.8) is 0 Å². The van der Waals surface area contributed by atoms with E-state index < -0.39 is 24.5 Å². The Morgan fingerprint density at radius 1 is 0.770 bits per heavy atom. The zero-order chi connectivity index (χ0) is 46.8. The zero-order valence-electron chi connectivity index (χ0n) is 41.6. The number of pyridine rings is 3. The molecule has 0 unspecified atom stereocenters. The van der Waals surface area contributed by atoms with Gasteiger partial charge < -0.3 is 18.8 Å². The van der Waals surface area contributed by atoms with Gasteiger partial charge in [0.2, 0.25) is 5.71 Å². The van der Waals surface area contributed by atoms with E-state index in [1.54, 1.807) is 12.3 Å². The van der Waals surface area contributed by atoms with Crippen LogP contribution in [0.3, 0.4) is 0 Å². The number of rotatable bonds is 4. The maximum atomic E-state index is 9.75. The maximum absolute atomic E-state index is 9.75. The Morgan fingerprint density at radius 2 is 1.56 bits per heavy atom. The number of nitrogens with zero attached hydrogens (tertiary/aromatic N) is 4. The summed E-state index contributed by atoms with van der Waals surface area (Å²) in [5, 5.41) is 6.14. The van der Waals surface area contributed by atoms with Gasteiger partial charge in [0.15, 0.2) is 0 Å². The summed E-state index contributed by atoms with van der Waals surface area (Å²) in [7, 11) is 0. The summed E-state index contributed by atoms with van der Waals surface area (Å²) in [5.74, 6) is -0.648. The number of benzene rings is 4. The van der Waals surface area contributed by atoms with Crippen molar-refractivity contribution in [1.29, 1.82) is 0 Å². The van der Waals surface area contributed by atoms with Crippen LogP contribution in [-0.2, 0) is 26.5 Å². The molecule has 1 fully saturated rings. The predicted molar refractivity (Wildman–Crippen MR) is 249 cm³/mol. The Labute approximate surface area is 380 Å². The SMILES string of the molecule is [2H]C([2H])([2H])c1ccc2c(n1)oc1c(-c3cc4c(cn3)c3cccc5c6cc(C7([2H])CC(C)(C)CC(C)(C)C7)ccc6n4c53)[c-]ccc12.[2H]C([2H])(c1ccc(-c2[c-]cccc2)nc1)C(C)(C)C.[Ir]. The van der Waals surface area contributed by atoms with E-state index in [0.717, 1.165) is 74.2 Å². The van der Waals surface area contributed by atoms with Crippen LogP contribution in [0.2, 0.25) is 0 Å². The number of para-hydroxylation sites is 1. The summed E-state index contributed by atoms with van der Waals surface area (Å²) in [6.45, 7) is 12.6. The minimum atomic E-state index is -2.32. The van der Waals surface area contributed by atoms with Gasteiger partial charge in [-0.15, -0.1) is 54.1 Å². The average Bonchev–Trinajstić information content (AvgIpc) is 3.91. The van der Waals surface area contributed by atoms with E-state index in [9.17, 15) is 1.37 Å². The average molecular weight is 983 g/mol. The number of aromatic nitrogens is 4. The molecule has 1 radical (unpaired) electrons. The third-order valence-corrected chi connectivity index (χ3v) is 11.8. The van der Waals surface area contributed by atoms with Gasteiger partial charge in [-0.3, -0.25) is 0 Å². The van der Waals surface area contributed by atoms with Gasteiger partial charge in [0.1, 0.15) is 0 Å². The van der Waals surface area contributed by atoms with E-state index >= 15 is 0 Å². The van der Waals surface area contributed by atoms with Crippen molar-refractivity contribution in [2.45, 2.75) is 86.8 Å². The van der Waals surface area contributed by atoms with E-state index in [1.807, 2.05) is 75.5 Å². The summed E-state index contributed by atoms with van der Waals surface area (Å²) >= 11 is 0. The van der Waals surface area contributed by atoms with Gasteiger partial charge in [0.05, 0.1) is 16.6 Å². The first-order valence-electron chi connectivity index (χ1n) is 23.8. The summed E-state index contributed by atoms with van der Waals surface area (Å²) in [5.41, 5.74) is 8.74. The molecule has 0 spiro atoms. The first kappa shape index (κ1) is 34.2. The molecule has 0 saturated heterocycles. The molecule has 6 heteroatoms. The largest absolute Gasteiger partial charge is 0.486 e. The molecule has 0 atom stereocenters. The monoisotopic (exact) mass is 983 g/mol. The fraction of sp³-hybridized carbons (Fsp3) is 0.291. The van der Waals surface area contributed by atoms with Gasteiger partial charge in [0.25, 0.3) is 0 Å². The maximum Gasteiger partial charge on any atom is 0.216 e. The van der Waals surface area contributed by atoms with E-state index in [2.05, 4.69) is 96.7 Å². The molecule has 10 aromatic rings. The molecule has 0 bridgehead atoms. The molecule has 6 heterocycles. The normalized spacial score (nSPS) is 17.9. The second-order valence-electron chi connectivity index (χ2n) is 19.1. The number of hydrogen-bond donors (Lipinski definition) is 0. The molecule has 4 aromatic carbocycles. The zero-order valence-corrected chi connectivity index (χ0v) is 38.0. The number of hydrogen-bond acceptors (Lipinski definition) is 4. The summed E-state index contributed by atoms with van der Waals surface area (Å²) in [6.07, 6.45) is 4.96. The van der Waals surface area contributed by atoms with Gasteiger partial charge in [-0.05, 0) is 101 Å². The van der Waals surface area contributed by atoms with Gasteiger partial charge in [-0.1, -0.05) is 102 Å². The minimum Gasteiger partial charge on any atom is -0.486 e. The molecule has 1 saturated carbocycles. The number of fused-ring (bicyclic) bond motifs is 9. The molecule has 5 nitrogen and oxygen atoms in total.